The van der Waals surface area contributed by atoms with Gasteiger partial charge in [0.25, 0.3) is 5.91 Å². The molecule has 0 atom stereocenters. The van der Waals surface area contributed by atoms with Crippen molar-refractivity contribution in [1.82, 2.24) is 24.8 Å². The zero-order valence-electron chi connectivity index (χ0n) is 18.1. The Bertz CT molecular complexity index is 1270. The lowest BCUT2D eigenvalue weighted by Crippen LogP contribution is -2.48. The average molecular weight is 457 g/mol. The summed E-state index contributed by atoms with van der Waals surface area (Å²) in [5.74, 6) is 1.23. The van der Waals surface area contributed by atoms with Crippen LogP contribution in [-0.4, -0.2) is 56.8 Å². The molecular formula is C25H24N6OS. The number of nitrogen functional groups attached to an aromatic ring is 1. The highest BCUT2D eigenvalue weighted by molar-refractivity contribution is 7.99. The van der Waals surface area contributed by atoms with Crippen molar-refractivity contribution in [2.24, 2.45) is 0 Å². The molecular weight excluding hydrogens is 432 g/mol. The van der Waals surface area contributed by atoms with Crippen molar-refractivity contribution in [3.05, 3.63) is 84.3 Å². The van der Waals surface area contributed by atoms with Crippen LogP contribution in [0.2, 0.25) is 0 Å². The van der Waals surface area contributed by atoms with Crippen LogP contribution < -0.4 is 5.73 Å². The van der Waals surface area contributed by atoms with E-state index in [1.54, 1.807) is 6.20 Å². The average Bonchev–Trinajstić information content (AvgIpc) is 2.85. The lowest BCUT2D eigenvalue weighted by Gasteiger charge is -2.34. The summed E-state index contributed by atoms with van der Waals surface area (Å²) < 4.78 is 0. The molecule has 166 valence electrons. The number of nitrogens with two attached hydrogens (primary N) is 1. The van der Waals surface area contributed by atoms with Gasteiger partial charge < -0.3 is 10.6 Å². The first kappa shape index (κ1) is 21.4. The number of carbonyl (C=O) groups excluding carboxylic acids is 1. The Morgan fingerprint density at radius 3 is 2.48 bits per heavy atom. The molecule has 1 aliphatic heterocycles. The second kappa shape index (κ2) is 9.56. The van der Waals surface area contributed by atoms with Crippen molar-refractivity contribution < 1.29 is 4.79 Å². The van der Waals surface area contributed by atoms with Gasteiger partial charge in [-0.3, -0.25) is 9.69 Å². The number of nitrogens with zero attached hydrogens (tertiary/aromatic N) is 5. The predicted octanol–water partition coefficient (Wildman–Crippen LogP) is 3.72. The molecule has 1 fully saturated rings. The first-order valence-corrected chi connectivity index (χ1v) is 11.7. The quantitative estimate of drug-likeness (QED) is 0.490. The van der Waals surface area contributed by atoms with Crippen LogP contribution in [0.5, 0.6) is 0 Å². The molecule has 1 aliphatic rings. The number of hydrogen-bond donors (Lipinski definition) is 1. The van der Waals surface area contributed by atoms with E-state index in [1.165, 1.54) is 11.8 Å². The number of piperazine rings is 1. The van der Waals surface area contributed by atoms with E-state index in [9.17, 15) is 4.79 Å². The van der Waals surface area contributed by atoms with Crippen LogP contribution in [0.3, 0.4) is 0 Å². The van der Waals surface area contributed by atoms with Gasteiger partial charge in [0.05, 0.1) is 17.6 Å². The zero-order chi connectivity index (χ0) is 22.6. The summed E-state index contributed by atoms with van der Waals surface area (Å²) in [7, 11) is 0. The topological polar surface area (TPSA) is 88.2 Å². The Morgan fingerprint density at radius 1 is 0.909 bits per heavy atom. The third-order valence-corrected chi connectivity index (χ3v) is 6.69. The molecule has 0 saturated carbocycles. The molecule has 8 heteroatoms. The maximum Gasteiger partial charge on any atom is 0.256 e. The Morgan fingerprint density at radius 2 is 1.67 bits per heavy atom. The molecule has 4 aromatic rings. The van der Waals surface area contributed by atoms with Gasteiger partial charge in [-0.1, -0.05) is 42.1 Å². The molecule has 0 radical (unpaired) electrons. The SMILES string of the molecule is Nc1nc(CN2CCN(C(=O)c3cccnc3Sc3ccccc3)CC2)nc2ccccc12. The summed E-state index contributed by atoms with van der Waals surface area (Å²) in [5, 5.41) is 1.61. The Balaban J connectivity index is 1.24. The molecule has 5 rings (SSSR count). The molecule has 0 spiro atoms. The molecule has 2 aromatic heterocycles. The molecule has 2 N–H and O–H groups in total. The van der Waals surface area contributed by atoms with Crippen molar-refractivity contribution in [2.75, 3.05) is 31.9 Å². The molecule has 7 nitrogen and oxygen atoms in total. The Kier molecular flexibility index (Phi) is 6.19. The van der Waals surface area contributed by atoms with Gasteiger partial charge in [-0.2, -0.15) is 0 Å². The highest BCUT2D eigenvalue weighted by atomic mass is 32.2. The highest BCUT2D eigenvalue weighted by Crippen LogP contribution is 2.29. The van der Waals surface area contributed by atoms with Crippen molar-refractivity contribution in [3.8, 4) is 0 Å². The Hall–Kier alpha value is -3.49. The first-order valence-electron chi connectivity index (χ1n) is 10.9. The minimum absolute atomic E-state index is 0.0207. The van der Waals surface area contributed by atoms with E-state index in [0.717, 1.165) is 33.9 Å². The van der Waals surface area contributed by atoms with Gasteiger partial charge in [-0.25, -0.2) is 15.0 Å². The van der Waals surface area contributed by atoms with E-state index in [1.807, 2.05) is 71.6 Å². The van der Waals surface area contributed by atoms with Crippen LogP contribution in [-0.2, 0) is 6.54 Å². The standard InChI is InChI=1S/C25H24N6OS/c26-23-19-9-4-5-11-21(19)28-22(29-23)17-30-13-15-31(16-14-30)25(32)20-10-6-12-27-24(20)33-18-7-2-1-3-8-18/h1-12H,13-17H2,(H2,26,28,29). The number of carbonyl (C=O) groups is 1. The molecule has 3 heterocycles. The molecule has 2 aromatic carbocycles. The molecule has 0 aliphatic carbocycles. The van der Waals surface area contributed by atoms with Gasteiger partial charge in [0.1, 0.15) is 16.7 Å². The molecule has 1 amide bonds. The van der Waals surface area contributed by atoms with Crippen LogP contribution >= 0.6 is 11.8 Å². The summed E-state index contributed by atoms with van der Waals surface area (Å²) >= 11 is 1.51. The van der Waals surface area contributed by atoms with Gasteiger partial charge >= 0.3 is 0 Å². The fraction of sp³-hybridized carbons (Fsp3) is 0.200. The van der Waals surface area contributed by atoms with Gasteiger partial charge in [0.15, 0.2) is 0 Å². The van der Waals surface area contributed by atoms with Crippen molar-refractivity contribution in [2.45, 2.75) is 16.5 Å². The van der Waals surface area contributed by atoms with Gasteiger partial charge in [-0.15, -0.1) is 0 Å². The monoisotopic (exact) mass is 456 g/mol. The summed E-state index contributed by atoms with van der Waals surface area (Å²) in [6.07, 6.45) is 1.73. The summed E-state index contributed by atoms with van der Waals surface area (Å²) in [6, 6.07) is 21.4. The molecule has 33 heavy (non-hydrogen) atoms. The van der Waals surface area contributed by atoms with Gasteiger partial charge in [0.2, 0.25) is 0 Å². The number of pyridine rings is 1. The first-order chi connectivity index (χ1) is 16.2. The van der Waals surface area contributed by atoms with Crippen LogP contribution in [0.4, 0.5) is 5.82 Å². The number of rotatable bonds is 5. The minimum Gasteiger partial charge on any atom is -0.383 e. The maximum absolute atomic E-state index is 13.3. The van der Waals surface area contributed by atoms with E-state index in [4.69, 9.17) is 5.73 Å². The van der Waals surface area contributed by atoms with Crippen LogP contribution in [0.15, 0.2) is 82.8 Å². The normalized spacial score (nSPS) is 14.5. The fourth-order valence-electron chi connectivity index (χ4n) is 3.94. The van der Waals surface area contributed by atoms with Gasteiger partial charge in [-0.05, 0) is 36.4 Å². The third kappa shape index (κ3) is 4.81. The molecule has 0 unspecified atom stereocenters. The van der Waals surface area contributed by atoms with E-state index in [-0.39, 0.29) is 5.91 Å². The van der Waals surface area contributed by atoms with E-state index in [2.05, 4.69) is 19.9 Å². The number of para-hydroxylation sites is 1. The van der Waals surface area contributed by atoms with E-state index in [0.29, 0.717) is 36.8 Å². The number of fused-ring (bicyclic) bond motifs is 1. The molecule has 0 bridgehead atoms. The minimum atomic E-state index is 0.0207. The summed E-state index contributed by atoms with van der Waals surface area (Å²) in [6.45, 7) is 3.41. The lowest BCUT2D eigenvalue weighted by atomic mass is 10.2. The smallest absolute Gasteiger partial charge is 0.256 e. The molecule has 1 saturated heterocycles. The number of aromatic nitrogens is 3. The Labute approximate surface area is 196 Å². The zero-order valence-corrected chi connectivity index (χ0v) is 18.9. The maximum atomic E-state index is 13.3. The number of anilines is 1. The number of hydrogen-bond acceptors (Lipinski definition) is 7. The summed E-state index contributed by atoms with van der Waals surface area (Å²) in [5.41, 5.74) is 7.63. The fourth-order valence-corrected chi connectivity index (χ4v) is 4.83. The van der Waals surface area contributed by atoms with Crippen LogP contribution in [0.25, 0.3) is 10.9 Å². The van der Waals surface area contributed by atoms with Crippen molar-refractivity contribution in [3.63, 3.8) is 0 Å². The van der Waals surface area contributed by atoms with E-state index >= 15 is 0 Å². The van der Waals surface area contributed by atoms with Crippen molar-refractivity contribution in [1.29, 1.82) is 0 Å². The predicted molar refractivity (Wildman–Crippen MR) is 130 cm³/mol. The van der Waals surface area contributed by atoms with E-state index < -0.39 is 0 Å². The van der Waals surface area contributed by atoms with Crippen LogP contribution in [0.1, 0.15) is 16.2 Å². The lowest BCUT2D eigenvalue weighted by molar-refractivity contribution is 0.0621. The second-order valence-electron chi connectivity index (χ2n) is 7.88. The largest absolute Gasteiger partial charge is 0.383 e. The van der Waals surface area contributed by atoms with Crippen LogP contribution in [0, 0.1) is 0 Å². The van der Waals surface area contributed by atoms with Crippen molar-refractivity contribution >= 4 is 34.4 Å². The number of amides is 1. The number of benzene rings is 2. The van der Waals surface area contributed by atoms with Gasteiger partial charge in [0, 0.05) is 42.7 Å². The second-order valence-corrected chi connectivity index (χ2v) is 8.94. The third-order valence-electron chi connectivity index (χ3n) is 5.66. The summed E-state index contributed by atoms with van der Waals surface area (Å²) in [4.78, 5) is 32.1. The highest BCUT2D eigenvalue weighted by Gasteiger charge is 2.25.